The van der Waals surface area contributed by atoms with Crippen molar-refractivity contribution in [3.05, 3.63) is 28.3 Å². The summed E-state index contributed by atoms with van der Waals surface area (Å²) in [6.45, 7) is 6.58. The molecule has 2 rings (SSSR count). The lowest BCUT2D eigenvalue weighted by molar-refractivity contribution is -0.385. The van der Waals surface area contributed by atoms with Gasteiger partial charge < -0.3 is 15.0 Å². The first-order chi connectivity index (χ1) is 10.0. The molecule has 0 aromatic heterocycles. The first kappa shape index (κ1) is 15.6. The van der Waals surface area contributed by atoms with Crippen LogP contribution in [-0.4, -0.2) is 42.6 Å². The van der Waals surface area contributed by atoms with Crippen molar-refractivity contribution in [3.63, 3.8) is 0 Å². The van der Waals surface area contributed by atoms with Crippen molar-refractivity contribution in [1.82, 2.24) is 4.90 Å². The molecule has 1 aromatic carbocycles. The predicted octanol–water partition coefficient (Wildman–Crippen LogP) is 2.75. The van der Waals surface area contributed by atoms with Gasteiger partial charge in [0, 0.05) is 30.4 Å². The number of nitrogens with one attached hydrogen (secondary N) is 1. The molecule has 2 atom stereocenters. The zero-order valence-electron chi connectivity index (χ0n) is 12.8. The second kappa shape index (κ2) is 6.76. The number of piperidine rings is 1. The molecule has 2 unspecified atom stereocenters. The van der Waals surface area contributed by atoms with Crippen LogP contribution in [0.2, 0.25) is 0 Å². The first-order valence-electron chi connectivity index (χ1n) is 7.37. The molecule has 0 spiro atoms. The minimum atomic E-state index is -0.410. The van der Waals surface area contributed by atoms with Gasteiger partial charge in [0.25, 0.3) is 0 Å². The summed E-state index contributed by atoms with van der Waals surface area (Å²) < 4.78 is 5.38. The Balaban J connectivity index is 2.13. The van der Waals surface area contributed by atoms with Gasteiger partial charge in [-0.15, -0.1) is 0 Å². The van der Waals surface area contributed by atoms with Gasteiger partial charge in [-0.05, 0) is 38.9 Å². The summed E-state index contributed by atoms with van der Waals surface area (Å²) >= 11 is 0. The number of rotatable bonds is 5. The highest BCUT2D eigenvalue weighted by molar-refractivity contribution is 5.58. The summed E-state index contributed by atoms with van der Waals surface area (Å²) in [6.07, 6.45) is 1.07. The van der Waals surface area contributed by atoms with Crippen LogP contribution in [0, 0.1) is 16.0 Å². The predicted molar refractivity (Wildman–Crippen MR) is 83.0 cm³/mol. The van der Waals surface area contributed by atoms with Crippen LogP contribution in [0.4, 0.5) is 11.4 Å². The molecular weight excluding hydrogens is 270 g/mol. The molecule has 1 aliphatic rings. The topological polar surface area (TPSA) is 67.6 Å². The maximum absolute atomic E-state index is 11.0. The Morgan fingerprint density at radius 2 is 2.29 bits per heavy atom. The van der Waals surface area contributed by atoms with Crippen LogP contribution in [0.3, 0.4) is 0 Å². The standard InChI is InChI=1S/C15H23N3O3/c1-4-21-15-9-12(5-6-14(15)18(19)20)16-13-7-8-17(3)10-11(13)2/h5-6,9,11,13,16H,4,7-8,10H2,1-3H3. The van der Waals surface area contributed by atoms with Crippen molar-refractivity contribution in [2.24, 2.45) is 5.92 Å². The van der Waals surface area contributed by atoms with Crippen molar-refractivity contribution in [3.8, 4) is 5.75 Å². The average Bonchev–Trinajstić information content (AvgIpc) is 2.42. The van der Waals surface area contributed by atoms with E-state index in [0.29, 0.717) is 24.3 Å². The van der Waals surface area contributed by atoms with Gasteiger partial charge in [-0.3, -0.25) is 10.1 Å². The van der Waals surface area contributed by atoms with Gasteiger partial charge in [-0.25, -0.2) is 0 Å². The lowest BCUT2D eigenvalue weighted by atomic mass is 9.94. The highest BCUT2D eigenvalue weighted by Gasteiger charge is 2.24. The molecule has 1 N–H and O–H groups in total. The monoisotopic (exact) mass is 293 g/mol. The summed E-state index contributed by atoms with van der Waals surface area (Å²) in [4.78, 5) is 12.9. The van der Waals surface area contributed by atoms with Crippen LogP contribution < -0.4 is 10.1 Å². The van der Waals surface area contributed by atoms with E-state index in [1.807, 2.05) is 6.92 Å². The molecule has 1 heterocycles. The summed E-state index contributed by atoms with van der Waals surface area (Å²) in [5.41, 5.74) is 0.893. The highest BCUT2D eigenvalue weighted by Crippen LogP contribution is 2.31. The van der Waals surface area contributed by atoms with Crippen LogP contribution in [0.25, 0.3) is 0 Å². The van der Waals surface area contributed by atoms with E-state index in [1.165, 1.54) is 6.07 Å². The normalized spacial score (nSPS) is 22.8. The summed E-state index contributed by atoms with van der Waals surface area (Å²) in [7, 11) is 2.13. The van der Waals surface area contributed by atoms with Crippen molar-refractivity contribution in [2.45, 2.75) is 26.3 Å². The van der Waals surface area contributed by atoms with E-state index in [2.05, 4.69) is 24.2 Å². The number of benzene rings is 1. The number of nitro groups is 1. The number of hydrogen-bond donors (Lipinski definition) is 1. The van der Waals surface area contributed by atoms with Crippen molar-refractivity contribution in [2.75, 3.05) is 32.1 Å². The quantitative estimate of drug-likeness (QED) is 0.668. The Kier molecular flexibility index (Phi) is 5.01. The number of nitro benzene ring substituents is 1. The third-order valence-corrected chi connectivity index (χ3v) is 3.92. The van der Waals surface area contributed by atoms with Gasteiger partial charge in [0.15, 0.2) is 5.75 Å². The molecule has 1 saturated heterocycles. The fourth-order valence-corrected chi connectivity index (χ4v) is 2.81. The van der Waals surface area contributed by atoms with E-state index in [-0.39, 0.29) is 5.69 Å². The Labute approximate surface area is 125 Å². The first-order valence-corrected chi connectivity index (χ1v) is 7.37. The number of hydrogen-bond acceptors (Lipinski definition) is 5. The molecular formula is C15H23N3O3. The lowest BCUT2D eigenvalue weighted by Crippen LogP contribution is -2.43. The largest absolute Gasteiger partial charge is 0.487 e. The number of nitrogens with zero attached hydrogens (tertiary/aromatic N) is 2. The molecule has 0 amide bonds. The molecule has 6 heteroatoms. The molecule has 1 aliphatic heterocycles. The molecule has 0 bridgehead atoms. The number of ether oxygens (including phenoxy) is 1. The van der Waals surface area contributed by atoms with Gasteiger partial charge in [-0.2, -0.15) is 0 Å². The zero-order valence-corrected chi connectivity index (χ0v) is 12.8. The summed E-state index contributed by atoms with van der Waals surface area (Å²) in [5.74, 6) is 0.863. The Morgan fingerprint density at radius 1 is 1.52 bits per heavy atom. The van der Waals surface area contributed by atoms with Crippen LogP contribution >= 0.6 is 0 Å². The van der Waals surface area contributed by atoms with Crippen LogP contribution in [0.5, 0.6) is 5.75 Å². The van der Waals surface area contributed by atoms with E-state index in [4.69, 9.17) is 4.74 Å². The Morgan fingerprint density at radius 3 is 2.90 bits per heavy atom. The Bertz CT molecular complexity index is 507. The van der Waals surface area contributed by atoms with Crippen molar-refractivity contribution < 1.29 is 9.66 Å². The smallest absolute Gasteiger partial charge is 0.311 e. The van der Waals surface area contributed by atoms with Gasteiger partial charge in [-0.1, -0.05) is 6.92 Å². The summed E-state index contributed by atoms with van der Waals surface area (Å²) in [5, 5.41) is 14.5. The van der Waals surface area contributed by atoms with Gasteiger partial charge in [0.05, 0.1) is 11.5 Å². The average molecular weight is 293 g/mol. The fraction of sp³-hybridized carbons (Fsp3) is 0.600. The SMILES string of the molecule is CCOc1cc(NC2CCN(C)CC2C)ccc1[N+](=O)[O-]. The second-order valence-corrected chi connectivity index (χ2v) is 5.65. The lowest BCUT2D eigenvalue weighted by Gasteiger charge is -2.35. The molecule has 1 aromatic rings. The molecule has 21 heavy (non-hydrogen) atoms. The minimum absolute atomic E-state index is 0.0128. The number of anilines is 1. The van der Waals surface area contributed by atoms with Crippen molar-refractivity contribution in [1.29, 1.82) is 0 Å². The van der Waals surface area contributed by atoms with E-state index < -0.39 is 4.92 Å². The van der Waals surface area contributed by atoms with Crippen LogP contribution in [-0.2, 0) is 0 Å². The Hall–Kier alpha value is -1.82. The maximum Gasteiger partial charge on any atom is 0.311 e. The van der Waals surface area contributed by atoms with Crippen molar-refractivity contribution >= 4 is 11.4 Å². The highest BCUT2D eigenvalue weighted by atomic mass is 16.6. The molecule has 0 saturated carbocycles. The van der Waals surface area contributed by atoms with E-state index in [0.717, 1.165) is 25.2 Å². The molecule has 0 aliphatic carbocycles. The van der Waals surface area contributed by atoms with Crippen LogP contribution in [0.15, 0.2) is 18.2 Å². The molecule has 1 fully saturated rings. The third-order valence-electron chi connectivity index (χ3n) is 3.92. The zero-order chi connectivity index (χ0) is 15.4. The van der Waals surface area contributed by atoms with Gasteiger partial charge in [0.2, 0.25) is 0 Å². The van der Waals surface area contributed by atoms with E-state index in [9.17, 15) is 10.1 Å². The van der Waals surface area contributed by atoms with E-state index >= 15 is 0 Å². The van der Waals surface area contributed by atoms with E-state index in [1.54, 1.807) is 12.1 Å². The number of likely N-dealkylation sites (tertiary alicyclic amines) is 1. The second-order valence-electron chi connectivity index (χ2n) is 5.65. The van der Waals surface area contributed by atoms with Gasteiger partial charge in [0.1, 0.15) is 0 Å². The molecule has 116 valence electrons. The molecule has 0 radical (unpaired) electrons. The minimum Gasteiger partial charge on any atom is -0.487 e. The summed E-state index contributed by atoms with van der Waals surface area (Å²) in [6, 6.07) is 5.38. The van der Waals surface area contributed by atoms with Crippen LogP contribution in [0.1, 0.15) is 20.3 Å². The molecule has 6 nitrogen and oxygen atoms in total. The van der Waals surface area contributed by atoms with Gasteiger partial charge >= 0.3 is 5.69 Å². The third kappa shape index (κ3) is 3.85. The fourth-order valence-electron chi connectivity index (χ4n) is 2.81. The maximum atomic E-state index is 11.0.